The molecule has 0 aromatic heterocycles. The summed E-state index contributed by atoms with van der Waals surface area (Å²) < 4.78 is 12.2. The van der Waals surface area contributed by atoms with Crippen LogP contribution < -0.4 is 0 Å². The van der Waals surface area contributed by atoms with Gasteiger partial charge in [-0.15, -0.1) is 0 Å². The van der Waals surface area contributed by atoms with E-state index in [1.807, 2.05) is 32.9 Å². The standard InChI is InChI=1S/C36H52O8/c1-6-7-8-9-10-11-12-13-14-15-16-17-18-19-26(38)43-34-21-24(3)35(41)25-20-23(2)29(39)36(25,42)31(40)33(22-37)30(44-33)27(35)28(34)32(34,4)5/h14-20,24-25,27-28,30-31,37,40-42H,6-13,21-22H2,1-5H3/b15-14+,17-16+,19-18+/t24-,25+,27-,28-,30+,31-,33-,34+,35+,36-/m1/s1. The molecule has 5 rings (SSSR count). The first-order valence-corrected chi connectivity index (χ1v) is 16.7. The SMILES string of the molecule is CCCCCCCCC/C=C/C=C/C=C/C(=O)O[C@@]12C[C@@H](C)[C@@]3(O)[C@H]([C@@H]1C2(C)C)[C@@H]1O[C@@]1(CO)[C@@H](O)[C@]1(O)C(=O)C(C)=C[C@H]13. The Labute approximate surface area is 261 Å². The number of ether oxygens (including phenoxy) is 2. The lowest BCUT2D eigenvalue weighted by atomic mass is 9.59. The fourth-order valence-corrected chi connectivity index (χ4v) is 9.31. The maximum Gasteiger partial charge on any atom is 0.331 e. The molecule has 3 saturated carbocycles. The number of aliphatic hydroxyl groups is 4. The molecule has 0 aromatic rings. The molecule has 44 heavy (non-hydrogen) atoms. The van der Waals surface area contributed by atoms with Crippen molar-refractivity contribution in [3.63, 3.8) is 0 Å². The Morgan fingerprint density at radius 2 is 1.73 bits per heavy atom. The van der Waals surface area contributed by atoms with Crippen LogP contribution in [0, 0.1) is 29.1 Å². The lowest BCUT2D eigenvalue weighted by Gasteiger charge is -2.51. The second-order valence-electron chi connectivity index (χ2n) is 14.6. The largest absolute Gasteiger partial charge is 0.455 e. The fourth-order valence-electron chi connectivity index (χ4n) is 9.31. The van der Waals surface area contributed by atoms with E-state index < -0.39 is 76.1 Å². The summed E-state index contributed by atoms with van der Waals surface area (Å²) in [6.45, 7) is 8.97. The quantitative estimate of drug-likeness (QED) is 0.0785. The molecule has 0 radical (unpaired) electrons. The smallest absolute Gasteiger partial charge is 0.331 e. The van der Waals surface area contributed by atoms with Gasteiger partial charge >= 0.3 is 5.97 Å². The molecular weight excluding hydrogens is 560 g/mol. The Morgan fingerprint density at radius 3 is 2.41 bits per heavy atom. The minimum Gasteiger partial charge on any atom is -0.455 e. The minimum absolute atomic E-state index is 0.257. The van der Waals surface area contributed by atoms with Crippen molar-refractivity contribution in [2.24, 2.45) is 29.1 Å². The highest BCUT2D eigenvalue weighted by Crippen LogP contribution is 2.79. The highest BCUT2D eigenvalue weighted by Gasteiger charge is 2.90. The number of carbonyl (C=O) groups is 2. The number of hydrogen-bond acceptors (Lipinski definition) is 8. The highest BCUT2D eigenvalue weighted by molar-refractivity contribution is 6.05. The Bertz CT molecular complexity index is 1250. The van der Waals surface area contributed by atoms with Crippen LogP contribution in [0.1, 0.15) is 92.4 Å². The van der Waals surface area contributed by atoms with Crippen LogP contribution >= 0.6 is 0 Å². The number of carbonyl (C=O) groups excluding carboxylic acids is 2. The molecule has 1 saturated heterocycles. The number of ketones is 1. The van der Waals surface area contributed by atoms with Gasteiger partial charge in [0, 0.05) is 29.2 Å². The highest BCUT2D eigenvalue weighted by atomic mass is 16.6. The maximum absolute atomic E-state index is 13.3. The summed E-state index contributed by atoms with van der Waals surface area (Å²) in [6.07, 6.45) is 20.2. The van der Waals surface area contributed by atoms with Crippen LogP contribution in [0.3, 0.4) is 0 Å². The van der Waals surface area contributed by atoms with Gasteiger partial charge in [-0.3, -0.25) is 4.79 Å². The predicted molar refractivity (Wildman–Crippen MR) is 166 cm³/mol. The molecule has 1 heterocycles. The molecule has 244 valence electrons. The zero-order valence-electron chi connectivity index (χ0n) is 27.0. The van der Waals surface area contributed by atoms with Crippen molar-refractivity contribution < 1.29 is 39.5 Å². The summed E-state index contributed by atoms with van der Waals surface area (Å²) in [7, 11) is 0. The number of esters is 1. The van der Waals surface area contributed by atoms with Crippen molar-refractivity contribution in [1.82, 2.24) is 0 Å². The molecule has 4 fully saturated rings. The van der Waals surface area contributed by atoms with Gasteiger partial charge in [-0.1, -0.05) is 103 Å². The van der Waals surface area contributed by atoms with E-state index in [1.165, 1.54) is 51.0 Å². The summed E-state index contributed by atoms with van der Waals surface area (Å²) in [5.41, 5.74) is -6.77. The number of rotatable bonds is 13. The topological polar surface area (TPSA) is 137 Å². The van der Waals surface area contributed by atoms with Gasteiger partial charge in [-0.25, -0.2) is 4.79 Å². The van der Waals surface area contributed by atoms with Gasteiger partial charge in [0.15, 0.2) is 11.4 Å². The summed E-state index contributed by atoms with van der Waals surface area (Å²) in [4.78, 5) is 26.4. The maximum atomic E-state index is 13.3. The van der Waals surface area contributed by atoms with E-state index in [0.717, 1.165) is 6.42 Å². The van der Waals surface area contributed by atoms with Crippen LogP contribution in [0.5, 0.6) is 0 Å². The molecule has 0 aromatic carbocycles. The number of epoxide rings is 1. The van der Waals surface area contributed by atoms with Gasteiger partial charge in [-0.05, 0) is 37.7 Å². The van der Waals surface area contributed by atoms with E-state index in [-0.39, 0.29) is 11.5 Å². The molecule has 5 aliphatic rings. The first kappa shape index (κ1) is 33.3. The lowest BCUT2D eigenvalue weighted by molar-refractivity contribution is -0.214. The van der Waals surface area contributed by atoms with Gasteiger partial charge in [0.2, 0.25) is 0 Å². The van der Waals surface area contributed by atoms with Crippen LogP contribution in [0.4, 0.5) is 0 Å². The Balaban J connectivity index is 1.26. The minimum atomic E-state index is -2.33. The van der Waals surface area contributed by atoms with Crippen LogP contribution in [0.15, 0.2) is 48.1 Å². The molecule has 10 atom stereocenters. The van der Waals surface area contributed by atoms with Gasteiger partial charge in [-0.2, -0.15) is 0 Å². The third-order valence-corrected chi connectivity index (χ3v) is 11.9. The number of allylic oxidation sites excluding steroid dienone is 5. The van der Waals surface area contributed by atoms with E-state index in [0.29, 0.717) is 6.42 Å². The molecule has 8 nitrogen and oxygen atoms in total. The molecule has 8 heteroatoms. The molecule has 0 bridgehead atoms. The normalized spacial score (nSPS) is 43.4. The van der Waals surface area contributed by atoms with Crippen molar-refractivity contribution in [2.45, 2.75) is 127 Å². The zero-order chi connectivity index (χ0) is 32.1. The van der Waals surface area contributed by atoms with Crippen LogP contribution in [-0.2, 0) is 19.1 Å². The molecule has 0 unspecified atom stereocenters. The van der Waals surface area contributed by atoms with Crippen LogP contribution in [-0.4, -0.2) is 73.4 Å². The number of Topliss-reactive ketones (excluding diaryl/α,β-unsaturated/α-hetero) is 1. The molecular formula is C36H52O8. The van der Waals surface area contributed by atoms with Crippen LogP contribution in [0.2, 0.25) is 0 Å². The number of aliphatic hydroxyl groups excluding tert-OH is 2. The first-order valence-electron chi connectivity index (χ1n) is 16.7. The second-order valence-corrected chi connectivity index (χ2v) is 14.6. The van der Waals surface area contributed by atoms with Gasteiger partial charge in [0.1, 0.15) is 17.3 Å². The molecule has 1 aliphatic heterocycles. The van der Waals surface area contributed by atoms with Crippen molar-refractivity contribution in [3.05, 3.63) is 48.1 Å². The van der Waals surface area contributed by atoms with Gasteiger partial charge < -0.3 is 29.9 Å². The summed E-state index contributed by atoms with van der Waals surface area (Å²) in [6, 6.07) is 0. The predicted octanol–water partition coefficient (Wildman–Crippen LogP) is 4.50. The van der Waals surface area contributed by atoms with Crippen molar-refractivity contribution >= 4 is 11.8 Å². The van der Waals surface area contributed by atoms with Gasteiger partial charge in [0.25, 0.3) is 0 Å². The number of unbranched alkanes of at least 4 members (excludes halogenated alkanes) is 7. The monoisotopic (exact) mass is 612 g/mol. The summed E-state index contributed by atoms with van der Waals surface area (Å²) in [5.74, 6) is -3.85. The molecule has 0 amide bonds. The van der Waals surface area contributed by atoms with E-state index in [2.05, 4.69) is 13.0 Å². The fraction of sp³-hybridized carbons (Fsp3) is 0.722. The van der Waals surface area contributed by atoms with Gasteiger partial charge in [0.05, 0.1) is 18.3 Å². The van der Waals surface area contributed by atoms with E-state index in [9.17, 15) is 30.0 Å². The molecule has 4 N–H and O–H groups in total. The average molecular weight is 613 g/mol. The Kier molecular flexibility index (Phi) is 9.01. The summed E-state index contributed by atoms with van der Waals surface area (Å²) in [5, 5.41) is 46.1. The first-order chi connectivity index (χ1) is 20.8. The number of fused-ring (bicyclic) bond motifs is 7. The van der Waals surface area contributed by atoms with E-state index >= 15 is 0 Å². The third kappa shape index (κ3) is 4.82. The van der Waals surface area contributed by atoms with E-state index in [1.54, 1.807) is 25.2 Å². The zero-order valence-corrected chi connectivity index (χ0v) is 27.0. The second kappa shape index (κ2) is 11.9. The third-order valence-electron chi connectivity index (χ3n) is 11.9. The van der Waals surface area contributed by atoms with Crippen LogP contribution in [0.25, 0.3) is 0 Å². The molecule has 0 spiro atoms. The van der Waals surface area contributed by atoms with Crippen molar-refractivity contribution in [3.8, 4) is 0 Å². The average Bonchev–Trinajstić information content (AvgIpc) is 3.80. The van der Waals surface area contributed by atoms with Crippen molar-refractivity contribution in [1.29, 1.82) is 0 Å². The Hall–Kier alpha value is -2.10. The lowest BCUT2D eigenvalue weighted by Crippen LogP contribution is -2.65. The van der Waals surface area contributed by atoms with Crippen molar-refractivity contribution in [2.75, 3.05) is 6.61 Å². The van der Waals surface area contributed by atoms with E-state index in [4.69, 9.17) is 9.47 Å². The Morgan fingerprint density at radius 1 is 1.07 bits per heavy atom. The number of hydrogen-bond donors (Lipinski definition) is 4. The summed E-state index contributed by atoms with van der Waals surface area (Å²) >= 11 is 0. The molecule has 4 aliphatic carbocycles.